The highest BCUT2D eigenvalue weighted by Crippen LogP contribution is 2.44. The standard InChI is InChI=1S/C47H29N3O.2C43H27N3O/c1-3-9-30(10-4-1)31-15-17-33(18-16-31)46-48-45(32-11-5-2-6-12-32)49-47(50-46)38-22-25-40-37(28-38)20-19-36-27-34(21-24-39(36)40)35-23-26-44-42(29-35)41-13-7-8-14-43(41)51-44;1-3-11-30(12-4-1)41-44-42(31-13-5-2-6-14-31)46-43(45-41)37-25-24-33(34-15-7-8-16-35(34)37)29-21-19-28(20-22-29)32-23-26-40-38(27-32)36-17-9-10-18-39(36)47-40;1-3-10-28(11-4-1)41-44-42(29-12-5-2-6-13-29)46-43(45-41)36-21-20-33-25-32(18-19-34(33)26-36)30-14-9-15-31(24-30)35-22-23-40-38(27-35)37-16-7-8-17-39(37)47-40/h1-29H;2*1-27H. The molecule has 0 amide bonds. The van der Waals surface area contributed by atoms with Gasteiger partial charge in [-0.05, 0) is 201 Å². The molecule has 0 saturated carbocycles. The zero-order valence-electron chi connectivity index (χ0n) is 78.2. The van der Waals surface area contributed by atoms with E-state index in [1.807, 2.05) is 194 Å². The number of aromatic nitrogens is 9. The van der Waals surface area contributed by atoms with Crippen LogP contribution < -0.4 is 0 Å². The molecule has 0 N–H and O–H groups in total. The minimum Gasteiger partial charge on any atom is -0.456 e. The van der Waals surface area contributed by atoms with Gasteiger partial charge in [-0.1, -0.05) is 413 Å². The normalized spacial score (nSPS) is 11.4. The minimum atomic E-state index is 0.644. The number of fused-ring (bicyclic) bond motifs is 14. The Labute approximate surface area is 834 Å². The van der Waals surface area contributed by atoms with Gasteiger partial charge in [-0.25, -0.2) is 44.9 Å². The van der Waals surface area contributed by atoms with Crippen molar-refractivity contribution in [2.24, 2.45) is 0 Å². The second-order valence-corrected chi connectivity index (χ2v) is 36.2. The van der Waals surface area contributed by atoms with Crippen molar-refractivity contribution in [1.82, 2.24) is 44.9 Å². The Morgan fingerprint density at radius 2 is 0.324 bits per heavy atom. The third-order valence-corrected chi connectivity index (χ3v) is 27.2. The first-order valence-corrected chi connectivity index (χ1v) is 48.5. The number of hydrogen-bond donors (Lipinski definition) is 0. The summed E-state index contributed by atoms with van der Waals surface area (Å²) < 4.78 is 18.2. The quantitative estimate of drug-likeness (QED) is 0.0897. The Hall–Kier alpha value is -19.7. The fraction of sp³-hybridized carbons (Fsp3) is 0. The first-order valence-electron chi connectivity index (χ1n) is 48.5. The molecule has 28 aromatic rings. The third-order valence-electron chi connectivity index (χ3n) is 27.2. The van der Waals surface area contributed by atoms with Crippen LogP contribution >= 0.6 is 0 Å². The molecule has 12 heteroatoms. The number of rotatable bonds is 15. The first kappa shape index (κ1) is 85.7. The summed E-state index contributed by atoms with van der Waals surface area (Å²) in [6.07, 6.45) is 0. The van der Waals surface area contributed by atoms with Crippen LogP contribution in [0.1, 0.15) is 0 Å². The maximum Gasteiger partial charge on any atom is 0.164 e. The van der Waals surface area contributed by atoms with Crippen molar-refractivity contribution >= 4 is 109 Å². The van der Waals surface area contributed by atoms with E-state index in [-0.39, 0.29) is 0 Å². The van der Waals surface area contributed by atoms with Crippen LogP contribution in [0.4, 0.5) is 0 Å². The molecule has 22 aromatic carbocycles. The van der Waals surface area contributed by atoms with Gasteiger partial charge in [0.15, 0.2) is 52.4 Å². The number of furan rings is 3. The molecule has 0 unspecified atom stereocenters. The van der Waals surface area contributed by atoms with Gasteiger partial charge in [-0.3, -0.25) is 0 Å². The largest absolute Gasteiger partial charge is 0.456 e. The molecular formula is C133H83N9O3. The van der Waals surface area contributed by atoms with Crippen LogP contribution in [0, 0.1) is 0 Å². The zero-order chi connectivity index (χ0) is 96.0. The molecule has 6 aromatic heterocycles. The number of nitrogens with zero attached hydrogens (tertiary/aromatic N) is 9. The summed E-state index contributed by atoms with van der Waals surface area (Å²) in [4.78, 5) is 44.5. The van der Waals surface area contributed by atoms with E-state index >= 15 is 0 Å². The van der Waals surface area contributed by atoms with E-state index in [2.05, 4.69) is 309 Å². The number of hydrogen-bond acceptors (Lipinski definition) is 12. The lowest BCUT2D eigenvalue weighted by Gasteiger charge is -2.13. The summed E-state index contributed by atoms with van der Waals surface area (Å²) in [5.41, 5.74) is 28.0. The molecule has 0 fully saturated rings. The van der Waals surface area contributed by atoms with Crippen molar-refractivity contribution in [3.8, 4) is 169 Å². The Kier molecular flexibility index (Phi) is 22.0. The van der Waals surface area contributed by atoms with Gasteiger partial charge in [0.2, 0.25) is 0 Å². The van der Waals surface area contributed by atoms with Crippen molar-refractivity contribution in [2.75, 3.05) is 0 Å². The average molecular weight is 1860 g/mol. The highest BCUT2D eigenvalue weighted by molar-refractivity contribution is 6.12. The smallest absolute Gasteiger partial charge is 0.164 e. The summed E-state index contributed by atoms with van der Waals surface area (Å²) in [7, 11) is 0. The van der Waals surface area contributed by atoms with Crippen molar-refractivity contribution in [1.29, 1.82) is 0 Å². The van der Waals surface area contributed by atoms with Gasteiger partial charge in [-0.15, -0.1) is 0 Å². The Bertz CT molecular complexity index is 9690. The van der Waals surface area contributed by atoms with Gasteiger partial charge in [0.25, 0.3) is 0 Å². The molecule has 12 nitrogen and oxygen atoms in total. The minimum absolute atomic E-state index is 0.644. The monoisotopic (exact) mass is 1850 g/mol. The van der Waals surface area contributed by atoms with Crippen molar-refractivity contribution in [3.63, 3.8) is 0 Å². The summed E-state index contributed by atoms with van der Waals surface area (Å²) in [5.74, 6) is 5.86. The molecule has 0 bridgehead atoms. The molecule has 0 saturated heterocycles. The van der Waals surface area contributed by atoms with E-state index in [9.17, 15) is 0 Å². The topological polar surface area (TPSA) is 155 Å². The molecular weight excluding hydrogens is 1770 g/mol. The predicted octanol–water partition coefficient (Wildman–Crippen LogP) is 34.9. The van der Waals surface area contributed by atoms with E-state index < -0.39 is 0 Å². The summed E-state index contributed by atoms with van der Waals surface area (Å²) in [6, 6.07) is 174. The second-order valence-electron chi connectivity index (χ2n) is 36.2. The maximum absolute atomic E-state index is 6.07. The maximum atomic E-state index is 6.07. The summed E-state index contributed by atoms with van der Waals surface area (Å²) >= 11 is 0. The Balaban J connectivity index is 0.000000111. The van der Waals surface area contributed by atoms with Gasteiger partial charge < -0.3 is 13.3 Å². The number of benzene rings is 22. The average Bonchev–Trinajstić information content (AvgIpc) is 1.59. The van der Waals surface area contributed by atoms with Crippen LogP contribution in [0.3, 0.4) is 0 Å². The van der Waals surface area contributed by atoms with E-state index in [1.54, 1.807) is 0 Å². The second kappa shape index (κ2) is 37.2. The fourth-order valence-electron chi connectivity index (χ4n) is 19.8. The van der Waals surface area contributed by atoms with Crippen LogP contribution in [-0.4, -0.2) is 44.9 Å². The lowest BCUT2D eigenvalue weighted by molar-refractivity contribution is 0.668. The van der Waals surface area contributed by atoms with E-state index in [4.69, 9.17) is 58.1 Å². The van der Waals surface area contributed by atoms with Crippen LogP contribution in [0.2, 0.25) is 0 Å². The molecule has 0 radical (unpaired) electrons. The van der Waals surface area contributed by atoms with Crippen LogP contribution in [0.15, 0.2) is 517 Å². The van der Waals surface area contributed by atoms with Crippen LogP contribution in [-0.2, 0) is 0 Å². The fourth-order valence-corrected chi connectivity index (χ4v) is 19.8. The molecule has 0 spiro atoms. The van der Waals surface area contributed by atoms with Crippen molar-refractivity contribution in [3.05, 3.63) is 504 Å². The van der Waals surface area contributed by atoms with E-state index in [1.165, 1.54) is 55.1 Å². The van der Waals surface area contributed by atoms with Gasteiger partial charge >= 0.3 is 0 Å². The molecule has 0 aliphatic heterocycles. The molecule has 0 aliphatic rings. The molecule has 0 atom stereocenters. The van der Waals surface area contributed by atoms with Gasteiger partial charge in [0, 0.05) is 82.4 Å². The van der Waals surface area contributed by atoms with E-state index in [0.29, 0.717) is 52.4 Å². The Morgan fingerprint density at radius 3 is 0.731 bits per heavy atom. The molecule has 0 aliphatic carbocycles. The molecule has 145 heavy (non-hydrogen) atoms. The summed E-state index contributed by atoms with van der Waals surface area (Å²) in [6.45, 7) is 0. The Morgan fingerprint density at radius 1 is 0.103 bits per heavy atom. The van der Waals surface area contributed by atoms with Crippen molar-refractivity contribution < 1.29 is 13.3 Å². The SMILES string of the molecule is c1ccc(-c2ccc(-c3nc(-c4ccccc4)nc(-c4ccc5c(ccc6cc(-c7ccc8oc9ccccc9c8c7)ccc65)c4)n3)cc2)cc1.c1ccc(-c2nc(-c3ccccc3)nc(-c3ccc(-c4ccc(-c5ccc6oc7ccccc7c6c5)cc4)c4ccccc34)n2)cc1.c1ccc(-c2nc(-c3ccccc3)nc(-c3ccc4cc(-c5cccc(-c6ccc7oc8ccccc8c7c6)c5)ccc4c3)n2)cc1. The van der Waals surface area contributed by atoms with Gasteiger partial charge in [0.1, 0.15) is 33.5 Å². The third kappa shape index (κ3) is 16.9. The summed E-state index contributed by atoms with van der Waals surface area (Å²) in [5, 5.41) is 16.1. The first-order chi connectivity index (χ1) is 71.8. The van der Waals surface area contributed by atoms with Crippen LogP contribution in [0.5, 0.6) is 0 Å². The number of para-hydroxylation sites is 3. The molecule has 6 heterocycles. The highest BCUT2D eigenvalue weighted by atomic mass is 16.3. The predicted molar refractivity (Wildman–Crippen MR) is 593 cm³/mol. The molecule has 678 valence electrons. The highest BCUT2D eigenvalue weighted by Gasteiger charge is 2.22. The van der Waals surface area contributed by atoms with Gasteiger partial charge in [-0.2, -0.15) is 0 Å². The van der Waals surface area contributed by atoms with Crippen LogP contribution in [0.25, 0.3) is 278 Å². The lowest BCUT2D eigenvalue weighted by Crippen LogP contribution is -2.00. The zero-order valence-corrected chi connectivity index (χ0v) is 78.2. The molecule has 28 rings (SSSR count). The van der Waals surface area contributed by atoms with E-state index in [0.717, 1.165) is 171 Å². The van der Waals surface area contributed by atoms with Crippen molar-refractivity contribution in [2.45, 2.75) is 0 Å². The lowest BCUT2D eigenvalue weighted by atomic mass is 9.93. The van der Waals surface area contributed by atoms with Gasteiger partial charge in [0.05, 0.1) is 0 Å².